The van der Waals surface area contributed by atoms with Crippen molar-refractivity contribution in [2.24, 2.45) is 11.5 Å². The molecule has 2 aromatic heterocycles. The van der Waals surface area contributed by atoms with Gasteiger partial charge in [0.2, 0.25) is 47.3 Å². The Morgan fingerprint density at radius 1 is 0.842 bits per heavy atom. The molecule has 1 aromatic carbocycles. The Bertz CT molecular complexity index is 1950. The number of fused-ring (bicyclic) bond motifs is 1. The van der Waals surface area contributed by atoms with E-state index >= 15 is 0 Å². The Balaban J connectivity index is 1.40. The van der Waals surface area contributed by atoms with Gasteiger partial charge in [-0.2, -0.15) is 0 Å². The number of carbonyl (C=O) groups excluding carboxylic acids is 8. The molecule has 0 radical (unpaired) electrons. The number of H-pyrrole nitrogens is 2. The number of para-hydroxylation sites is 1. The van der Waals surface area contributed by atoms with Crippen LogP contribution in [0.15, 0.2) is 43.0 Å². The van der Waals surface area contributed by atoms with Crippen LogP contribution in [0.4, 0.5) is 0 Å². The number of likely N-dealkylation sites (tertiary alicyclic amines) is 1. The van der Waals surface area contributed by atoms with E-state index in [1.54, 1.807) is 12.3 Å². The Labute approximate surface area is 325 Å². The number of hydrogen-bond acceptors (Lipinski definition) is 11. The molecule has 8 amide bonds. The van der Waals surface area contributed by atoms with Gasteiger partial charge in [-0.1, -0.05) is 18.2 Å². The summed E-state index contributed by atoms with van der Waals surface area (Å²) in [5.74, 6) is -7.15. The van der Waals surface area contributed by atoms with Gasteiger partial charge in [0, 0.05) is 54.8 Å². The topological polar surface area (TPSA) is 346 Å². The summed E-state index contributed by atoms with van der Waals surface area (Å²) in [4.78, 5) is 125. The van der Waals surface area contributed by atoms with Crippen LogP contribution in [-0.2, 0) is 56.0 Å². The quantitative estimate of drug-likeness (QED) is 0.0489. The molecular weight excluding hydrogens is 748 g/mol. The summed E-state index contributed by atoms with van der Waals surface area (Å²) in [6, 6.07) is 2.22. The van der Waals surface area contributed by atoms with Crippen LogP contribution in [0.25, 0.3) is 10.9 Å². The van der Waals surface area contributed by atoms with Gasteiger partial charge in [0.05, 0.1) is 32.5 Å². The number of primary amides is 1. The number of rotatable bonds is 21. The maximum Gasteiger partial charge on any atom is 0.326 e. The lowest BCUT2D eigenvalue weighted by molar-refractivity contribution is -0.145. The number of hydrogen-bond donors (Lipinski definition) is 11. The van der Waals surface area contributed by atoms with Crippen LogP contribution in [0.2, 0.25) is 0 Å². The largest absolute Gasteiger partial charge is 0.480 e. The molecule has 0 unspecified atom stereocenters. The minimum absolute atomic E-state index is 0.0352. The van der Waals surface area contributed by atoms with Crippen LogP contribution >= 0.6 is 0 Å². The van der Waals surface area contributed by atoms with E-state index < -0.39 is 97.0 Å². The molecule has 1 fully saturated rings. The summed E-state index contributed by atoms with van der Waals surface area (Å²) in [5.41, 5.74) is 12.4. The third-order valence-electron chi connectivity index (χ3n) is 9.00. The normalized spacial score (nSPS) is 15.1. The zero-order chi connectivity index (χ0) is 41.5. The molecule has 4 rings (SSSR count). The van der Waals surface area contributed by atoms with Crippen molar-refractivity contribution in [2.45, 2.75) is 62.7 Å². The van der Waals surface area contributed by atoms with Gasteiger partial charge in [0.15, 0.2) is 0 Å². The smallest absolute Gasteiger partial charge is 0.326 e. The second kappa shape index (κ2) is 20.7. The first kappa shape index (κ1) is 42.9. The molecule has 306 valence electrons. The number of carbonyl (C=O) groups is 9. The fourth-order valence-corrected chi connectivity index (χ4v) is 6.13. The second-order valence-electron chi connectivity index (χ2n) is 13.2. The molecule has 13 N–H and O–H groups in total. The molecular formula is C35H46N12O10. The SMILES string of the molecule is NCC(=O)NCC(=O)NCC(=O)N[C@@H](Cc1c[nH]c2ccccc12)C(=O)NCC(=O)N[C@@H](CCC(N)=O)C(=O)N1CCC[C@H]1C(=O)N[C@@H](Cc1cnc[nH]1)C(=O)O. The highest BCUT2D eigenvalue weighted by Gasteiger charge is 2.39. The summed E-state index contributed by atoms with van der Waals surface area (Å²) in [6.45, 7) is -1.87. The van der Waals surface area contributed by atoms with Gasteiger partial charge in [0.25, 0.3) is 0 Å². The van der Waals surface area contributed by atoms with Gasteiger partial charge < -0.3 is 63.3 Å². The van der Waals surface area contributed by atoms with Gasteiger partial charge in [-0.15, -0.1) is 0 Å². The molecule has 0 bridgehead atoms. The highest BCUT2D eigenvalue weighted by atomic mass is 16.4. The average molecular weight is 795 g/mol. The van der Waals surface area contributed by atoms with Crippen molar-refractivity contribution >= 4 is 64.1 Å². The molecule has 0 aliphatic carbocycles. The van der Waals surface area contributed by atoms with Crippen molar-refractivity contribution < 1.29 is 48.3 Å². The van der Waals surface area contributed by atoms with E-state index in [0.29, 0.717) is 17.7 Å². The van der Waals surface area contributed by atoms with Crippen LogP contribution in [-0.4, -0.2) is 135 Å². The predicted octanol–water partition coefficient (Wildman–Crippen LogP) is -4.22. The summed E-state index contributed by atoms with van der Waals surface area (Å²) >= 11 is 0. The van der Waals surface area contributed by atoms with Crippen LogP contribution in [0, 0.1) is 0 Å². The average Bonchev–Trinajstić information content (AvgIpc) is 3.98. The Kier molecular flexibility index (Phi) is 15.6. The van der Waals surface area contributed by atoms with Crippen molar-refractivity contribution in [1.82, 2.24) is 51.8 Å². The first-order valence-electron chi connectivity index (χ1n) is 18.0. The summed E-state index contributed by atoms with van der Waals surface area (Å²) in [6.07, 6.45) is 4.36. The number of nitrogens with zero attached hydrogens (tertiary/aromatic N) is 2. The first-order chi connectivity index (χ1) is 27.2. The van der Waals surface area contributed by atoms with Crippen LogP contribution < -0.4 is 43.4 Å². The zero-order valence-corrected chi connectivity index (χ0v) is 30.8. The van der Waals surface area contributed by atoms with E-state index in [0.717, 1.165) is 10.9 Å². The highest BCUT2D eigenvalue weighted by molar-refractivity contribution is 5.96. The lowest BCUT2D eigenvalue weighted by Crippen LogP contribution is -2.57. The number of imidazole rings is 1. The molecule has 1 aliphatic heterocycles. The van der Waals surface area contributed by atoms with Gasteiger partial charge in [-0.25, -0.2) is 9.78 Å². The zero-order valence-electron chi connectivity index (χ0n) is 30.8. The Morgan fingerprint density at radius 3 is 2.21 bits per heavy atom. The molecule has 3 aromatic rings. The molecule has 3 heterocycles. The van der Waals surface area contributed by atoms with Crippen molar-refractivity contribution in [3.63, 3.8) is 0 Å². The van der Waals surface area contributed by atoms with Crippen LogP contribution in [0.5, 0.6) is 0 Å². The lowest BCUT2D eigenvalue weighted by Gasteiger charge is -2.29. The third kappa shape index (κ3) is 12.9. The van der Waals surface area contributed by atoms with Crippen molar-refractivity contribution in [2.75, 3.05) is 32.7 Å². The Morgan fingerprint density at radius 2 is 1.53 bits per heavy atom. The number of aliphatic carboxylic acids is 1. The maximum atomic E-state index is 13.8. The molecule has 22 heteroatoms. The van der Waals surface area contributed by atoms with E-state index in [1.807, 2.05) is 18.2 Å². The van der Waals surface area contributed by atoms with E-state index in [1.165, 1.54) is 17.4 Å². The standard InChI is InChI=1S/C35H46N12O10/c36-12-28(49)40-15-29(50)41-16-30(51)45-24(10-19-13-39-22-5-2-1-4-21(19)22)32(53)42-17-31(52)44-23(7-8-27(37)48)34(55)47-9-3-6-26(47)33(54)46-25(35(56)57)11-20-14-38-18-43-20/h1-2,4-5,13-14,18,23-26,39H,3,6-12,15-17,36H2,(H2,37,48)(H,38,43)(H,40,49)(H,41,50)(H,42,53)(H,44,52)(H,45,51)(H,46,54)(H,56,57)/t23-,24-,25-,26-/m0/s1. The van der Waals surface area contributed by atoms with Crippen molar-refractivity contribution in [3.8, 4) is 0 Å². The predicted molar refractivity (Wildman–Crippen MR) is 199 cm³/mol. The van der Waals surface area contributed by atoms with E-state index in [-0.39, 0.29) is 45.2 Å². The lowest BCUT2D eigenvalue weighted by atomic mass is 10.0. The minimum Gasteiger partial charge on any atom is -0.480 e. The fourth-order valence-electron chi connectivity index (χ4n) is 6.13. The number of nitrogens with two attached hydrogens (primary N) is 2. The van der Waals surface area contributed by atoms with Gasteiger partial charge in [-0.3, -0.25) is 38.4 Å². The van der Waals surface area contributed by atoms with Crippen LogP contribution in [0.1, 0.15) is 36.9 Å². The van der Waals surface area contributed by atoms with Gasteiger partial charge >= 0.3 is 5.97 Å². The Hall–Kier alpha value is -6.84. The summed E-state index contributed by atoms with van der Waals surface area (Å²) in [7, 11) is 0. The second-order valence-corrected chi connectivity index (χ2v) is 13.2. The minimum atomic E-state index is -1.35. The summed E-state index contributed by atoms with van der Waals surface area (Å²) in [5, 5.41) is 25.0. The van der Waals surface area contributed by atoms with Crippen LogP contribution in [0.3, 0.4) is 0 Å². The molecule has 57 heavy (non-hydrogen) atoms. The van der Waals surface area contributed by atoms with E-state index in [4.69, 9.17) is 11.5 Å². The monoisotopic (exact) mass is 794 g/mol. The number of benzene rings is 1. The molecule has 0 spiro atoms. The summed E-state index contributed by atoms with van der Waals surface area (Å²) < 4.78 is 0. The number of nitrogens with one attached hydrogen (secondary N) is 8. The molecule has 4 atom stereocenters. The van der Waals surface area contributed by atoms with Gasteiger partial charge in [0.1, 0.15) is 24.2 Å². The van der Waals surface area contributed by atoms with Crippen molar-refractivity contribution in [1.29, 1.82) is 0 Å². The number of carboxylic acid groups (broad SMARTS) is 1. The molecule has 22 nitrogen and oxygen atoms in total. The molecule has 1 aliphatic rings. The maximum absolute atomic E-state index is 13.8. The number of aromatic nitrogens is 3. The number of amides is 8. The number of aromatic amines is 2. The first-order valence-corrected chi connectivity index (χ1v) is 18.0. The number of carboxylic acids is 1. The molecule has 1 saturated heterocycles. The van der Waals surface area contributed by atoms with Crippen molar-refractivity contribution in [3.05, 3.63) is 54.2 Å². The highest BCUT2D eigenvalue weighted by Crippen LogP contribution is 2.21. The molecule has 0 saturated carbocycles. The van der Waals surface area contributed by atoms with Gasteiger partial charge in [-0.05, 0) is 30.9 Å². The third-order valence-corrected chi connectivity index (χ3v) is 9.00. The fraction of sp³-hybridized carbons (Fsp3) is 0.429. The van der Waals surface area contributed by atoms with E-state index in [2.05, 4.69) is 46.9 Å². The van der Waals surface area contributed by atoms with E-state index in [9.17, 15) is 48.3 Å².